The number of fused-ring (bicyclic) bond motifs is 1. The minimum absolute atomic E-state index is 0.331. The van der Waals surface area contributed by atoms with Crippen LogP contribution in [0.4, 0.5) is 11.8 Å². The molecule has 0 bridgehead atoms. The van der Waals surface area contributed by atoms with Crippen LogP contribution < -0.4 is 20.1 Å². The fourth-order valence-electron chi connectivity index (χ4n) is 4.20. The molecule has 2 aromatic heterocycles. The number of anilines is 2. The topological polar surface area (TPSA) is 103 Å². The molecule has 0 saturated heterocycles. The van der Waals surface area contributed by atoms with E-state index >= 15 is 0 Å². The van der Waals surface area contributed by atoms with Crippen LogP contribution in [0.5, 0.6) is 11.5 Å². The van der Waals surface area contributed by atoms with Gasteiger partial charge in [0.25, 0.3) is 5.91 Å². The maximum absolute atomic E-state index is 13.6. The van der Waals surface area contributed by atoms with Crippen molar-refractivity contribution in [1.29, 1.82) is 0 Å². The smallest absolute Gasteiger partial charge is 0.257 e. The number of nitrogens with one attached hydrogen (secondary N) is 2. The van der Waals surface area contributed by atoms with E-state index in [1.54, 1.807) is 61.5 Å². The number of amides is 1. The lowest BCUT2D eigenvalue weighted by Crippen LogP contribution is -2.32. The number of halogens is 1. The normalized spacial score (nSPS) is 14.6. The monoisotopic (exact) mass is 502 g/mol. The van der Waals surface area contributed by atoms with Gasteiger partial charge in [0.1, 0.15) is 11.9 Å². The first kappa shape index (κ1) is 23.4. The largest absolute Gasteiger partial charge is 0.493 e. The van der Waals surface area contributed by atoms with Gasteiger partial charge in [-0.3, -0.25) is 4.79 Å². The molecule has 10 heteroatoms. The second kappa shape index (κ2) is 9.71. The lowest BCUT2D eigenvalue weighted by atomic mass is 9.94. The van der Waals surface area contributed by atoms with Gasteiger partial charge in [0.2, 0.25) is 5.95 Å². The van der Waals surface area contributed by atoms with Gasteiger partial charge in [0, 0.05) is 28.0 Å². The van der Waals surface area contributed by atoms with Crippen LogP contribution >= 0.6 is 11.6 Å². The number of benzene rings is 2. The number of hydrogen-bond donors (Lipinski definition) is 2. The highest BCUT2D eigenvalue weighted by Gasteiger charge is 2.37. The lowest BCUT2D eigenvalue weighted by molar-refractivity contribution is -0.113. The summed E-state index contributed by atoms with van der Waals surface area (Å²) in [4.78, 5) is 22.6. The van der Waals surface area contributed by atoms with E-state index in [1.807, 2.05) is 31.2 Å². The minimum Gasteiger partial charge on any atom is -0.493 e. The quantitative estimate of drug-likeness (QED) is 0.385. The Bertz CT molecular complexity index is 1450. The van der Waals surface area contributed by atoms with Crippen molar-refractivity contribution in [2.75, 3.05) is 24.9 Å². The molecule has 9 nitrogen and oxygen atoms in total. The molecular weight excluding hydrogens is 480 g/mol. The SMILES string of the molecule is COc1cccc(C2C(C(=O)Nc3ccccn3)=C(C)Nc3nc(-c4ccc(Cl)cc4)nn32)c1OC. The number of carbonyl (C=O) groups excluding carboxylic acids is 1. The van der Waals surface area contributed by atoms with Crippen LogP contribution in [0.3, 0.4) is 0 Å². The highest BCUT2D eigenvalue weighted by Crippen LogP contribution is 2.43. The first-order valence-electron chi connectivity index (χ1n) is 11.1. The fraction of sp³-hybridized carbons (Fsp3) is 0.154. The van der Waals surface area contributed by atoms with Crippen molar-refractivity contribution in [3.8, 4) is 22.9 Å². The average molecular weight is 503 g/mol. The van der Waals surface area contributed by atoms with Crippen LogP contribution in [0.1, 0.15) is 18.5 Å². The molecule has 1 amide bonds. The Morgan fingerprint density at radius 3 is 2.56 bits per heavy atom. The number of para-hydroxylation sites is 1. The molecule has 0 saturated carbocycles. The van der Waals surface area contributed by atoms with Crippen LogP contribution in [0.25, 0.3) is 11.4 Å². The number of nitrogens with zero attached hydrogens (tertiary/aromatic N) is 4. The number of hydrogen-bond acceptors (Lipinski definition) is 7. The minimum atomic E-state index is -0.663. The van der Waals surface area contributed by atoms with Crippen molar-refractivity contribution in [2.24, 2.45) is 0 Å². The molecule has 36 heavy (non-hydrogen) atoms. The van der Waals surface area contributed by atoms with Gasteiger partial charge in [0.05, 0.1) is 19.8 Å². The number of aromatic nitrogens is 4. The van der Waals surface area contributed by atoms with Crippen molar-refractivity contribution in [1.82, 2.24) is 19.7 Å². The van der Waals surface area contributed by atoms with E-state index in [2.05, 4.69) is 15.6 Å². The van der Waals surface area contributed by atoms with Gasteiger partial charge in [0.15, 0.2) is 17.3 Å². The molecule has 2 aromatic carbocycles. The van der Waals surface area contributed by atoms with E-state index in [-0.39, 0.29) is 5.91 Å². The third-order valence-electron chi connectivity index (χ3n) is 5.83. The highest BCUT2D eigenvalue weighted by atomic mass is 35.5. The van der Waals surface area contributed by atoms with Gasteiger partial charge < -0.3 is 20.1 Å². The molecule has 3 heterocycles. The average Bonchev–Trinajstić information content (AvgIpc) is 3.31. The Morgan fingerprint density at radius 2 is 1.86 bits per heavy atom. The zero-order chi connectivity index (χ0) is 25.2. The summed E-state index contributed by atoms with van der Waals surface area (Å²) in [7, 11) is 3.13. The number of pyridine rings is 1. The molecule has 1 atom stereocenters. The summed E-state index contributed by atoms with van der Waals surface area (Å²) in [5.41, 5.74) is 2.54. The number of ether oxygens (including phenoxy) is 2. The van der Waals surface area contributed by atoms with E-state index in [4.69, 9.17) is 31.2 Å². The van der Waals surface area contributed by atoms with Crippen LogP contribution in [0.15, 0.2) is 78.1 Å². The van der Waals surface area contributed by atoms with Gasteiger partial charge >= 0.3 is 0 Å². The van der Waals surface area contributed by atoms with E-state index in [1.165, 1.54) is 0 Å². The molecule has 0 spiro atoms. The van der Waals surface area contributed by atoms with E-state index in [0.29, 0.717) is 50.9 Å². The van der Waals surface area contributed by atoms with Crippen molar-refractivity contribution in [2.45, 2.75) is 13.0 Å². The van der Waals surface area contributed by atoms with Crippen LogP contribution in [-0.2, 0) is 4.79 Å². The van der Waals surface area contributed by atoms with Crippen molar-refractivity contribution in [3.63, 3.8) is 0 Å². The predicted octanol–water partition coefficient (Wildman–Crippen LogP) is 4.94. The zero-order valence-corrected chi connectivity index (χ0v) is 20.6. The Balaban J connectivity index is 1.67. The Labute approximate surface area is 212 Å². The molecule has 1 unspecified atom stereocenters. The summed E-state index contributed by atoms with van der Waals surface area (Å²) in [6.07, 6.45) is 1.62. The first-order chi connectivity index (χ1) is 17.5. The van der Waals surface area contributed by atoms with Crippen LogP contribution in [0.2, 0.25) is 5.02 Å². The molecule has 2 N–H and O–H groups in total. The number of methoxy groups -OCH3 is 2. The second-order valence-electron chi connectivity index (χ2n) is 8.03. The van der Waals surface area contributed by atoms with E-state index in [0.717, 1.165) is 5.56 Å². The summed E-state index contributed by atoms with van der Waals surface area (Å²) in [6, 6.07) is 17.4. The van der Waals surface area contributed by atoms with Crippen molar-refractivity contribution >= 4 is 29.3 Å². The van der Waals surface area contributed by atoms with Crippen molar-refractivity contribution < 1.29 is 14.3 Å². The summed E-state index contributed by atoms with van der Waals surface area (Å²) in [5, 5.41) is 11.5. The molecule has 182 valence electrons. The molecular formula is C26H23ClN6O3. The molecule has 5 rings (SSSR count). The Hall–Kier alpha value is -4.37. The molecule has 1 aliphatic rings. The molecule has 0 radical (unpaired) electrons. The zero-order valence-electron chi connectivity index (χ0n) is 19.8. The number of carbonyl (C=O) groups is 1. The number of rotatable bonds is 6. The van der Waals surface area contributed by atoms with E-state index < -0.39 is 6.04 Å². The Kier molecular flexibility index (Phi) is 6.30. The highest BCUT2D eigenvalue weighted by molar-refractivity contribution is 6.30. The van der Waals surface area contributed by atoms with Crippen molar-refractivity contribution in [3.05, 3.63) is 88.7 Å². The first-order valence-corrected chi connectivity index (χ1v) is 11.5. The van der Waals surface area contributed by atoms with Gasteiger partial charge in [-0.05, 0) is 49.4 Å². The maximum Gasteiger partial charge on any atom is 0.257 e. The summed E-state index contributed by atoms with van der Waals surface area (Å²) in [6.45, 7) is 1.83. The lowest BCUT2D eigenvalue weighted by Gasteiger charge is -2.29. The fourth-order valence-corrected chi connectivity index (χ4v) is 4.33. The van der Waals surface area contributed by atoms with Gasteiger partial charge in [-0.1, -0.05) is 29.8 Å². The number of allylic oxidation sites excluding steroid dienone is 1. The summed E-state index contributed by atoms with van der Waals surface area (Å²) in [5.74, 6) is 2.11. The summed E-state index contributed by atoms with van der Waals surface area (Å²) >= 11 is 6.06. The maximum atomic E-state index is 13.6. The predicted molar refractivity (Wildman–Crippen MR) is 137 cm³/mol. The van der Waals surface area contributed by atoms with Gasteiger partial charge in [-0.25, -0.2) is 9.67 Å². The third-order valence-corrected chi connectivity index (χ3v) is 6.09. The molecule has 4 aromatic rings. The third kappa shape index (κ3) is 4.25. The van der Waals surface area contributed by atoms with Crippen LogP contribution in [0, 0.1) is 0 Å². The second-order valence-corrected chi connectivity index (χ2v) is 8.46. The molecule has 0 aliphatic carbocycles. The standard InChI is InChI=1S/C26H23ClN6O3/c1-15-21(25(34)30-20-9-4-5-14-28-20)22(18-7-6-8-19(35-2)23(18)36-3)33-26(29-15)31-24(32-33)16-10-12-17(27)13-11-16/h4-14,22H,1-3H3,(H,28,30,34)(H,29,31,32). The molecule has 0 fully saturated rings. The summed E-state index contributed by atoms with van der Waals surface area (Å²) < 4.78 is 13.0. The van der Waals surface area contributed by atoms with Gasteiger partial charge in [-0.15, -0.1) is 5.10 Å². The van der Waals surface area contributed by atoms with Crippen LogP contribution in [-0.4, -0.2) is 39.9 Å². The molecule has 1 aliphatic heterocycles. The van der Waals surface area contributed by atoms with E-state index in [9.17, 15) is 4.79 Å². The Morgan fingerprint density at radius 1 is 1.06 bits per heavy atom. The van der Waals surface area contributed by atoms with Gasteiger partial charge in [-0.2, -0.15) is 4.98 Å².